The van der Waals surface area contributed by atoms with Crippen LogP contribution in [0.25, 0.3) is 11.1 Å². The molecule has 4 nitrogen and oxygen atoms in total. The quantitative estimate of drug-likeness (QED) is 0.815. The van der Waals surface area contributed by atoms with Crippen LogP contribution >= 0.6 is 11.3 Å². The zero-order chi connectivity index (χ0) is 17.9. The monoisotopic (exact) mass is 370 g/mol. The highest BCUT2D eigenvalue weighted by atomic mass is 32.1. The van der Waals surface area contributed by atoms with Crippen molar-refractivity contribution >= 4 is 22.2 Å². The number of piperidine rings is 1. The number of carbonyl (C=O) groups is 1. The molecule has 0 N–H and O–H groups in total. The van der Waals surface area contributed by atoms with E-state index in [2.05, 4.69) is 42.2 Å². The van der Waals surface area contributed by atoms with Crippen molar-refractivity contribution in [3.63, 3.8) is 0 Å². The van der Waals surface area contributed by atoms with Gasteiger partial charge in [-0.25, -0.2) is 0 Å². The van der Waals surface area contributed by atoms with E-state index in [4.69, 9.17) is 4.74 Å². The molecule has 0 radical (unpaired) electrons. The fourth-order valence-electron chi connectivity index (χ4n) is 3.84. The van der Waals surface area contributed by atoms with Gasteiger partial charge in [-0.1, -0.05) is 37.3 Å². The van der Waals surface area contributed by atoms with Gasteiger partial charge in [0.15, 0.2) is 0 Å². The van der Waals surface area contributed by atoms with Crippen LogP contribution in [0.15, 0.2) is 36.4 Å². The van der Waals surface area contributed by atoms with Gasteiger partial charge in [0.1, 0.15) is 0 Å². The Hall–Kier alpha value is -1.85. The summed E-state index contributed by atoms with van der Waals surface area (Å²) in [5.41, 5.74) is 2.35. The molecule has 0 spiro atoms. The number of hydrogen-bond acceptors (Lipinski definition) is 4. The molecular weight excluding hydrogens is 344 g/mol. The van der Waals surface area contributed by atoms with E-state index in [1.807, 2.05) is 11.0 Å². The predicted octanol–water partition coefficient (Wildman–Crippen LogP) is 4.12. The largest absolute Gasteiger partial charge is 0.378 e. The minimum Gasteiger partial charge on any atom is -0.378 e. The number of nitrogens with zero attached hydrogens (tertiary/aromatic N) is 2. The van der Waals surface area contributed by atoms with Crippen molar-refractivity contribution < 1.29 is 9.53 Å². The number of benzene rings is 1. The van der Waals surface area contributed by atoms with Crippen molar-refractivity contribution in [3.05, 3.63) is 41.3 Å². The van der Waals surface area contributed by atoms with Crippen LogP contribution in [0.3, 0.4) is 0 Å². The van der Waals surface area contributed by atoms with Gasteiger partial charge in [-0.3, -0.25) is 4.79 Å². The third kappa shape index (κ3) is 3.64. The fraction of sp³-hybridized carbons (Fsp3) is 0.476. The van der Waals surface area contributed by atoms with E-state index in [1.165, 1.54) is 22.5 Å². The van der Waals surface area contributed by atoms with Crippen LogP contribution in [-0.2, 0) is 4.74 Å². The average Bonchev–Trinajstić information content (AvgIpc) is 3.14. The summed E-state index contributed by atoms with van der Waals surface area (Å²) in [4.78, 5) is 18.4. The van der Waals surface area contributed by atoms with E-state index in [-0.39, 0.29) is 5.91 Å². The maximum Gasteiger partial charge on any atom is 0.264 e. The molecule has 4 rings (SSSR count). The van der Waals surface area contributed by atoms with Gasteiger partial charge in [-0.2, -0.15) is 0 Å². The molecule has 0 saturated carbocycles. The highest BCUT2D eigenvalue weighted by Gasteiger charge is 2.26. The maximum atomic E-state index is 13.1. The summed E-state index contributed by atoms with van der Waals surface area (Å²) in [5, 5.41) is 1.20. The molecule has 3 heterocycles. The Morgan fingerprint density at radius 3 is 2.65 bits per heavy atom. The molecule has 2 aliphatic heterocycles. The maximum absolute atomic E-state index is 13.1. The van der Waals surface area contributed by atoms with E-state index < -0.39 is 0 Å². The summed E-state index contributed by atoms with van der Waals surface area (Å²) < 4.78 is 5.52. The molecule has 2 saturated heterocycles. The van der Waals surface area contributed by atoms with Gasteiger partial charge < -0.3 is 14.5 Å². The molecule has 2 aliphatic rings. The van der Waals surface area contributed by atoms with Crippen molar-refractivity contribution in [3.8, 4) is 11.1 Å². The summed E-state index contributed by atoms with van der Waals surface area (Å²) in [6.07, 6.45) is 2.34. The zero-order valence-corrected chi connectivity index (χ0v) is 16.1. The topological polar surface area (TPSA) is 32.8 Å². The lowest BCUT2D eigenvalue weighted by Crippen LogP contribution is -2.38. The van der Waals surface area contributed by atoms with E-state index >= 15 is 0 Å². The minimum atomic E-state index is 0.193. The third-order valence-corrected chi connectivity index (χ3v) is 6.43. The second kappa shape index (κ2) is 7.80. The van der Waals surface area contributed by atoms with Crippen molar-refractivity contribution in [2.45, 2.75) is 19.8 Å². The van der Waals surface area contributed by atoms with Crippen LogP contribution in [0.1, 0.15) is 29.4 Å². The van der Waals surface area contributed by atoms with Crippen LogP contribution in [0.4, 0.5) is 5.00 Å². The Labute approximate surface area is 159 Å². The first-order chi connectivity index (χ1) is 12.7. The Kier molecular flexibility index (Phi) is 5.27. The molecule has 0 aliphatic carbocycles. The molecule has 2 fully saturated rings. The molecule has 1 amide bonds. The molecule has 26 heavy (non-hydrogen) atoms. The van der Waals surface area contributed by atoms with Crippen molar-refractivity contribution in [2.75, 3.05) is 44.3 Å². The number of likely N-dealkylation sites (tertiary alicyclic amines) is 1. The predicted molar refractivity (Wildman–Crippen MR) is 107 cm³/mol. The molecule has 0 bridgehead atoms. The van der Waals surface area contributed by atoms with Crippen LogP contribution in [0.2, 0.25) is 0 Å². The van der Waals surface area contributed by atoms with Gasteiger partial charge in [-0.15, -0.1) is 11.3 Å². The van der Waals surface area contributed by atoms with E-state index in [1.54, 1.807) is 11.3 Å². The number of ether oxygens (including phenoxy) is 1. The Balaban J connectivity index is 1.67. The number of hydrogen-bond donors (Lipinski definition) is 0. The van der Waals surface area contributed by atoms with Crippen LogP contribution in [-0.4, -0.2) is 50.2 Å². The van der Waals surface area contributed by atoms with E-state index in [9.17, 15) is 4.79 Å². The summed E-state index contributed by atoms with van der Waals surface area (Å²) in [7, 11) is 0. The number of anilines is 1. The summed E-state index contributed by atoms with van der Waals surface area (Å²) in [6.45, 7) is 7.27. The Bertz CT molecular complexity index is 753. The average molecular weight is 371 g/mol. The first kappa shape index (κ1) is 17.6. The number of rotatable bonds is 3. The zero-order valence-electron chi connectivity index (χ0n) is 15.3. The van der Waals surface area contributed by atoms with Crippen LogP contribution in [0, 0.1) is 5.92 Å². The van der Waals surface area contributed by atoms with E-state index in [0.29, 0.717) is 5.92 Å². The second-order valence-electron chi connectivity index (χ2n) is 7.29. The van der Waals surface area contributed by atoms with Gasteiger partial charge in [-0.05, 0) is 30.4 Å². The standard InChI is InChI=1S/C21H26N2O2S/c1-16-6-5-9-23(15-16)20(24)19-14-18(17-7-3-2-4-8-17)21(26-19)22-10-12-25-13-11-22/h2-4,7-8,14,16H,5-6,9-13,15H2,1H3. The highest BCUT2D eigenvalue weighted by molar-refractivity contribution is 7.18. The van der Waals surface area contributed by atoms with Crippen molar-refractivity contribution in [1.82, 2.24) is 4.90 Å². The molecule has 1 unspecified atom stereocenters. The molecule has 2 aromatic rings. The normalized spacial score (nSPS) is 21.0. The van der Waals surface area contributed by atoms with Crippen LogP contribution in [0.5, 0.6) is 0 Å². The number of amides is 1. The molecular formula is C21H26N2O2S. The molecule has 1 aromatic carbocycles. The molecule has 1 aromatic heterocycles. The first-order valence-corrected chi connectivity index (χ1v) is 10.4. The summed E-state index contributed by atoms with van der Waals surface area (Å²) in [5.74, 6) is 0.790. The smallest absolute Gasteiger partial charge is 0.264 e. The lowest BCUT2D eigenvalue weighted by Gasteiger charge is -2.30. The van der Waals surface area contributed by atoms with Crippen LogP contribution < -0.4 is 4.90 Å². The number of morpholine rings is 1. The highest BCUT2D eigenvalue weighted by Crippen LogP contribution is 2.40. The summed E-state index contributed by atoms with van der Waals surface area (Å²) >= 11 is 1.64. The summed E-state index contributed by atoms with van der Waals surface area (Å²) in [6, 6.07) is 12.5. The second-order valence-corrected chi connectivity index (χ2v) is 8.32. The van der Waals surface area contributed by atoms with Crippen molar-refractivity contribution in [1.29, 1.82) is 0 Å². The fourth-order valence-corrected chi connectivity index (χ4v) is 5.04. The first-order valence-electron chi connectivity index (χ1n) is 9.53. The third-order valence-electron chi connectivity index (χ3n) is 5.25. The van der Waals surface area contributed by atoms with Gasteiger partial charge in [0.05, 0.1) is 23.1 Å². The Morgan fingerprint density at radius 2 is 1.92 bits per heavy atom. The van der Waals surface area contributed by atoms with Gasteiger partial charge in [0.25, 0.3) is 5.91 Å². The van der Waals surface area contributed by atoms with Crippen molar-refractivity contribution in [2.24, 2.45) is 5.92 Å². The van der Waals surface area contributed by atoms with Gasteiger partial charge in [0.2, 0.25) is 0 Å². The lowest BCUT2D eigenvalue weighted by molar-refractivity contribution is 0.0688. The Morgan fingerprint density at radius 1 is 1.15 bits per heavy atom. The molecule has 1 atom stereocenters. The van der Waals surface area contributed by atoms with E-state index in [0.717, 1.165) is 50.7 Å². The van der Waals surface area contributed by atoms with Gasteiger partial charge in [0, 0.05) is 31.7 Å². The minimum absolute atomic E-state index is 0.193. The number of carbonyl (C=O) groups excluding carboxylic acids is 1. The lowest BCUT2D eigenvalue weighted by atomic mass is 10.00. The van der Waals surface area contributed by atoms with Gasteiger partial charge >= 0.3 is 0 Å². The molecule has 138 valence electrons. The SMILES string of the molecule is CC1CCCN(C(=O)c2cc(-c3ccccc3)c(N3CCOCC3)s2)C1. The molecule has 5 heteroatoms. The number of thiophene rings is 1.